The van der Waals surface area contributed by atoms with Crippen LogP contribution in [0, 0.1) is 27.2 Å². The summed E-state index contributed by atoms with van der Waals surface area (Å²) in [6.07, 6.45) is 5.48. The number of nitrogens with zero attached hydrogens (tertiary/aromatic N) is 2. The number of terminal acetylenes is 1. The number of hydrogen-bond donors (Lipinski definition) is 2. The first-order valence-corrected chi connectivity index (χ1v) is 4.51. The fourth-order valence-electron chi connectivity index (χ4n) is 1.13. The molecule has 1 aromatic heterocycles. The molecule has 1 aromatic rings. The quantitative estimate of drug-likeness (QED) is 0.345. The van der Waals surface area contributed by atoms with E-state index in [-0.39, 0.29) is 23.6 Å². The summed E-state index contributed by atoms with van der Waals surface area (Å²) in [6, 6.07) is 0. The van der Waals surface area contributed by atoms with E-state index in [0.717, 1.165) is 0 Å². The van der Waals surface area contributed by atoms with Crippen LogP contribution in [0.25, 0.3) is 0 Å². The summed E-state index contributed by atoms with van der Waals surface area (Å²) in [7, 11) is 0. The van der Waals surface area contributed by atoms with Crippen LogP contribution >= 0.6 is 12.2 Å². The van der Waals surface area contributed by atoms with E-state index < -0.39 is 11.0 Å². The molecule has 0 fully saturated rings. The highest BCUT2D eigenvalue weighted by Gasteiger charge is 2.17. The van der Waals surface area contributed by atoms with Crippen LogP contribution in [-0.4, -0.2) is 25.7 Å². The predicted molar refractivity (Wildman–Crippen MR) is 55.7 cm³/mol. The highest BCUT2D eigenvalue weighted by Crippen LogP contribution is 2.12. The first-order valence-electron chi connectivity index (χ1n) is 4.10. The van der Waals surface area contributed by atoms with Gasteiger partial charge in [0.25, 0.3) is 4.77 Å². The molecular formula is C8H9N3O3S. The summed E-state index contributed by atoms with van der Waals surface area (Å²) < 4.78 is 1.40. The van der Waals surface area contributed by atoms with Crippen molar-refractivity contribution in [2.45, 2.75) is 19.1 Å². The van der Waals surface area contributed by atoms with E-state index >= 15 is 0 Å². The maximum Gasteiger partial charge on any atom is 0.341 e. The third-order valence-electron chi connectivity index (χ3n) is 1.78. The van der Waals surface area contributed by atoms with Crippen molar-refractivity contribution in [3.63, 3.8) is 0 Å². The number of aromatic nitrogens is 2. The van der Waals surface area contributed by atoms with Crippen molar-refractivity contribution in [2.75, 3.05) is 0 Å². The molecule has 6 nitrogen and oxygen atoms in total. The van der Waals surface area contributed by atoms with Crippen LogP contribution in [-0.2, 0) is 6.54 Å². The standard InChI is InChI=1S/C8H9N3O3S/c1-2-3-6(12)5-10-7(11(13)14)4-9-8(10)15/h1,4,6,12H,3,5H2,(H,9,15). The van der Waals surface area contributed by atoms with Gasteiger partial charge in [-0.15, -0.1) is 12.3 Å². The molecule has 15 heavy (non-hydrogen) atoms. The van der Waals surface area contributed by atoms with E-state index in [0.29, 0.717) is 0 Å². The zero-order valence-corrected chi connectivity index (χ0v) is 8.53. The fourth-order valence-corrected chi connectivity index (χ4v) is 1.35. The number of nitro groups is 1. The van der Waals surface area contributed by atoms with Gasteiger partial charge in [0.05, 0.1) is 6.20 Å². The van der Waals surface area contributed by atoms with E-state index in [4.69, 9.17) is 18.6 Å². The van der Waals surface area contributed by atoms with Crippen LogP contribution in [0.3, 0.4) is 0 Å². The average molecular weight is 227 g/mol. The number of H-pyrrole nitrogens is 1. The molecule has 0 aliphatic rings. The van der Waals surface area contributed by atoms with Crippen LogP contribution in [0.5, 0.6) is 0 Å². The Kier molecular flexibility index (Phi) is 3.60. The Labute approximate surface area is 90.7 Å². The number of aliphatic hydroxyl groups is 1. The zero-order valence-electron chi connectivity index (χ0n) is 7.71. The molecule has 0 radical (unpaired) electrons. The van der Waals surface area contributed by atoms with Crippen molar-refractivity contribution in [2.24, 2.45) is 0 Å². The number of aliphatic hydroxyl groups excluding tert-OH is 1. The smallest absolute Gasteiger partial charge is 0.341 e. The molecule has 0 aliphatic carbocycles. The van der Waals surface area contributed by atoms with Gasteiger partial charge in [0.2, 0.25) is 0 Å². The third-order valence-corrected chi connectivity index (χ3v) is 2.12. The topological polar surface area (TPSA) is 84.1 Å². The second kappa shape index (κ2) is 4.72. The van der Waals surface area contributed by atoms with Crippen LogP contribution in [0.15, 0.2) is 6.20 Å². The lowest BCUT2D eigenvalue weighted by molar-refractivity contribution is -0.392. The second-order valence-corrected chi connectivity index (χ2v) is 3.27. The third kappa shape index (κ3) is 2.65. The number of imidazole rings is 1. The molecule has 0 saturated heterocycles. The lowest BCUT2D eigenvalue weighted by Crippen LogP contribution is -2.16. The van der Waals surface area contributed by atoms with Crippen LogP contribution in [0.2, 0.25) is 0 Å². The maximum atomic E-state index is 10.6. The summed E-state index contributed by atoms with van der Waals surface area (Å²) >= 11 is 4.83. The van der Waals surface area contributed by atoms with Gasteiger partial charge in [-0.3, -0.25) is 0 Å². The molecule has 1 heterocycles. The maximum absolute atomic E-state index is 10.6. The van der Waals surface area contributed by atoms with Gasteiger partial charge in [0.15, 0.2) is 0 Å². The predicted octanol–water partition coefficient (Wildman–Crippen LogP) is 0.838. The van der Waals surface area contributed by atoms with Gasteiger partial charge in [0.1, 0.15) is 12.6 Å². The lowest BCUT2D eigenvalue weighted by Gasteiger charge is -2.05. The minimum atomic E-state index is -0.837. The minimum absolute atomic E-state index is 0.0167. The van der Waals surface area contributed by atoms with E-state index in [1.54, 1.807) is 0 Å². The molecule has 0 spiro atoms. The van der Waals surface area contributed by atoms with Gasteiger partial charge in [0, 0.05) is 6.42 Å². The Morgan fingerprint density at radius 1 is 1.87 bits per heavy atom. The first-order chi connectivity index (χ1) is 7.06. The zero-order chi connectivity index (χ0) is 11.4. The molecule has 1 unspecified atom stereocenters. The molecule has 0 aliphatic heterocycles. The minimum Gasteiger partial charge on any atom is -0.388 e. The van der Waals surface area contributed by atoms with E-state index in [2.05, 4.69) is 10.9 Å². The van der Waals surface area contributed by atoms with Gasteiger partial charge in [-0.25, -0.2) is 0 Å². The SMILES string of the molecule is C#CCC(O)Cn1c([N+](=O)[O-])c[nH]c1=S. The Bertz CT molecular complexity index is 456. The van der Waals surface area contributed by atoms with Gasteiger partial charge in [-0.2, -0.15) is 4.57 Å². The van der Waals surface area contributed by atoms with E-state index in [1.165, 1.54) is 10.8 Å². The van der Waals surface area contributed by atoms with Crippen molar-refractivity contribution >= 4 is 18.0 Å². The molecule has 1 atom stereocenters. The van der Waals surface area contributed by atoms with Gasteiger partial charge < -0.3 is 20.2 Å². The Hall–Kier alpha value is -1.65. The Balaban J connectivity index is 2.94. The second-order valence-electron chi connectivity index (χ2n) is 2.88. The van der Waals surface area contributed by atoms with Crippen molar-refractivity contribution in [1.82, 2.24) is 9.55 Å². The molecule has 0 saturated carbocycles. The average Bonchev–Trinajstić information content (AvgIpc) is 2.48. The Morgan fingerprint density at radius 3 is 3.07 bits per heavy atom. The summed E-state index contributed by atoms with van der Waals surface area (Å²) in [4.78, 5) is 12.5. The molecular weight excluding hydrogens is 218 g/mol. The van der Waals surface area contributed by atoms with Gasteiger partial charge in [-0.1, -0.05) is 0 Å². The lowest BCUT2D eigenvalue weighted by atomic mass is 10.2. The van der Waals surface area contributed by atoms with Crippen LogP contribution in [0.1, 0.15) is 6.42 Å². The number of hydrogen-bond acceptors (Lipinski definition) is 4. The van der Waals surface area contributed by atoms with E-state index in [1.807, 2.05) is 0 Å². The summed E-state index contributed by atoms with van der Waals surface area (Å²) in [5.74, 6) is 2.09. The van der Waals surface area contributed by atoms with Gasteiger partial charge in [-0.05, 0) is 17.1 Å². The van der Waals surface area contributed by atoms with Crippen LogP contribution in [0.4, 0.5) is 5.82 Å². The van der Waals surface area contributed by atoms with Crippen LogP contribution < -0.4 is 0 Å². The molecule has 7 heteroatoms. The molecule has 0 amide bonds. The Morgan fingerprint density at radius 2 is 2.53 bits per heavy atom. The highest BCUT2D eigenvalue weighted by atomic mass is 32.1. The van der Waals surface area contributed by atoms with Crippen molar-refractivity contribution in [1.29, 1.82) is 0 Å². The summed E-state index contributed by atoms with van der Waals surface area (Å²) in [6.45, 7) is 0.0167. The first kappa shape index (κ1) is 11.4. The highest BCUT2D eigenvalue weighted by molar-refractivity contribution is 7.71. The monoisotopic (exact) mass is 227 g/mol. The fraction of sp³-hybridized carbons (Fsp3) is 0.375. The van der Waals surface area contributed by atoms with E-state index in [9.17, 15) is 15.2 Å². The molecule has 1 rings (SSSR count). The molecule has 2 N–H and O–H groups in total. The number of aromatic amines is 1. The molecule has 80 valence electrons. The largest absolute Gasteiger partial charge is 0.388 e. The van der Waals surface area contributed by atoms with Crippen molar-refractivity contribution in [3.05, 3.63) is 21.1 Å². The van der Waals surface area contributed by atoms with Crippen molar-refractivity contribution < 1.29 is 10.0 Å². The number of rotatable bonds is 4. The summed E-state index contributed by atoms with van der Waals surface area (Å²) in [5, 5.41) is 20.0. The number of nitrogens with one attached hydrogen (secondary N) is 1. The molecule has 0 aromatic carbocycles. The molecule has 0 bridgehead atoms. The van der Waals surface area contributed by atoms with Crippen molar-refractivity contribution in [3.8, 4) is 12.3 Å². The normalized spacial score (nSPS) is 12.0. The van der Waals surface area contributed by atoms with Gasteiger partial charge >= 0.3 is 5.82 Å². The summed E-state index contributed by atoms with van der Waals surface area (Å²) in [5.41, 5.74) is 0.